The maximum atomic E-state index is 12.0. The van der Waals surface area contributed by atoms with Crippen LogP contribution in [0.15, 0.2) is 11.6 Å². The van der Waals surface area contributed by atoms with Crippen molar-refractivity contribution < 1.29 is 4.79 Å². The summed E-state index contributed by atoms with van der Waals surface area (Å²) >= 11 is 1.45. The van der Waals surface area contributed by atoms with Crippen LogP contribution in [-0.2, 0) is 4.79 Å². The second kappa shape index (κ2) is 5.60. The molecule has 0 unspecified atom stereocenters. The van der Waals surface area contributed by atoms with Crippen molar-refractivity contribution in [1.82, 2.24) is 9.88 Å². The van der Waals surface area contributed by atoms with E-state index in [1.807, 2.05) is 12.3 Å². The number of likely N-dealkylation sites (tertiary alicyclic amines) is 1. The molecule has 2 heterocycles. The highest BCUT2D eigenvalue weighted by Gasteiger charge is 2.25. The van der Waals surface area contributed by atoms with E-state index in [-0.39, 0.29) is 11.9 Å². The van der Waals surface area contributed by atoms with Crippen molar-refractivity contribution >= 4 is 22.4 Å². The Morgan fingerprint density at radius 3 is 2.88 bits per heavy atom. The Morgan fingerprint density at radius 1 is 1.59 bits per heavy atom. The first-order valence-electron chi connectivity index (χ1n) is 6.11. The first kappa shape index (κ1) is 12.5. The Kier molecular flexibility index (Phi) is 4.12. The molecule has 0 bridgehead atoms. The van der Waals surface area contributed by atoms with Gasteiger partial charge < -0.3 is 5.32 Å². The Bertz CT molecular complexity index is 358. The van der Waals surface area contributed by atoms with Gasteiger partial charge in [0.25, 0.3) is 0 Å². The van der Waals surface area contributed by atoms with E-state index in [0.29, 0.717) is 5.13 Å². The third-order valence-corrected chi connectivity index (χ3v) is 4.10. The Labute approximate surface area is 106 Å². The molecule has 1 fully saturated rings. The number of thiazole rings is 1. The van der Waals surface area contributed by atoms with E-state index in [1.165, 1.54) is 24.2 Å². The summed E-state index contributed by atoms with van der Waals surface area (Å²) in [4.78, 5) is 18.3. The standard InChI is InChI=1S/C12H19N3OS/c1-9-3-6-15(7-4-9)10(2)11(16)14-12-13-5-8-17-12/h5,8-10H,3-4,6-7H2,1-2H3,(H,13,14,16)/t10-/m0/s1. The fraction of sp³-hybridized carbons (Fsp3) is 0.667. The summed E-state index contributed by atoms with van der Waals surface area (Å²) in [6, 6.07) is -0.0635. The van der Waals surface area contributed by atoms with Gasteiger partial charge in [-0.05, 0) is 38.8 Å². The minimum absolute atomic E-state index is 0.0505. The first-order chi connectivity index (χ1) is 8.16. The maximum Gasteiger partial charge on any atom is 0.243 e. The van der Waals surface area contributed by atoms with Gasteiger partial charge in [-0.3, -0.25) is 9.69 Å². The lowest BCUT2D eigenvalue weighted by Gasteiger charge is -2.33. The minimum Gasteiger partial charge on any atom is -0.301 e. The predicted molar refractivity (Wildman–Crippen MR) is 70.2 cm³/mol. The van der Waals surface area contributed by atoms with Crippen LogP contribution < -0.4 is 5.32 Å². The molecule has 0 radical (unpaired) electrons. The van der Waals surface area contributed by atoms with Crippen LogP contribution >= 0.6 is 11.3 Å². The molecule has 17 heavy (non-hydrogen) atoms. The SMILES string of the molecule is CC1CCN([C@@H](C)C(=O)Nc2nccs2)CC1. The Hall–Kier alpha value is -0.940. The van der Waals surface area contributed by atoms with Gasteiger partial charge in [-0.1, -0.05) is 6.92 Å². The number of amides is 1. The van der Waals surface area contributed by atoms with Crippen molar-refractivity contribution in [2.45, 2.75) is 32.7 Å². The Balaban J connectivity index is 1.86. The number of carbonyl (C=O) groups is 1. The van der Waals surface area contributed by atoms with E-state index < -0.39 is 0 Å². The second-order valence-corrected chi connectivity index (χ2v) is 5.62. The quantitative estimate of drug-likeness (QED) is 0.898. The minimum atomic E-state index is -0.0635. The molecule has 1 aromatic rings. The summed E-state index contributed by atoms with van der Waals surface area (Å²) in [7, 11) is 0. The highest BCUT2D eigenvalue weighted by Crippen LogP contribution is 2.19. The zero-order valence-electron chi connectivity index (χ0n) is 10.3. The number of nitrogens with one attached hydrogen (secondary N) is 1. The summed E-state index contributed by atoms with van der Waals surface area (Å²) in [5.74, 6) is 0.843. The highest BCUT2D eigenvalue weighted by molar-refractivity contribution is 7.13. The zero-order chi connectivity index (χ0) is 12.3. The van der Waals surface area contributed by atoms with Crippen LogP contribution in [0.1, 0.15) is 26.7 Å². The molecule has 1 aliphatic heterocycles. The number of aromatic nitrogens is 1. The zero-order valence-corrected chi connectivity index (χ0v) is 11.2. The molecule has 2 rings (SSSR count). The van der Waals surface area contributed by atoms with Gasteiger partial charge in [-0.25, -0.2) is 4.98 Å². The van der Waals surface area contributed by atoms with Crippen molar-refractivity contribution in [3.63, 3.8) is 0 Å². The normalized spacial score (nSPS) is 20.1. The molecule has 0 aliphatic carbocycles. The lowest BCUT2D eigenvalue weighted by molar-refractivity contribution is -0.121. The molecule has 0 saturated carbocycles. The van der Waals surface area contributed by atoms with Crippen LogP contribution in [0.4, 0.5) is 5.13 Å². The van der Waals surface area contributed by atoms with Crippen LogP contribution in [0.3, 0.4) is 0 Å². The lowest BCUT2D eigenvalue weighted by atomic mass is 9.98. The van der Waals surface area contributed by atoms with Gasteiger partial charge in [0.1, 0.15) is 0 Å². The molecule has 1 N–H and O–H groups in total. The van der Waals surface area contributed by atoms with Gasteiger partial charge >= 0.3 is 0 Å². The summed E-state index contributed by atoms with van der Waals surface area (Å²) in [6.07, 6.45) is 4.08. The van der Waals surface area contributed by atoms with Crippen LogP contribution in [0.5, 0.6) is 0 Å². The van der Waals surface area contributed by atoms with E-state index in [0.717, 1.165) is 19.0 Å². The van der Waals surface area contributed by atoms with Crippen molar-refractivity contribution in [3.8, 4) is 0 Å². The molecule has 0 aromatic carbocycles. The fourth-order valence-corrected chi connectivity index (χ4v) is 2.61. The van der Waals surface area contributed by atoms with Crippen LogP contribution in [-0.4, -0.2) is 34.9 Å². The summed E-state index contributed by atoms with van der Waals surface area (Å²) in [5, 5.41) is 5.41. The monoisotopic (exact) mass is 253 g/mol. The first-order valence-corrected chi connectivity index (χ1v) is 6.99. The second-order valence-electron chi connectivity index (χ2n) is 4.72. The molecule has 4 nitrogen and oxygen atoms in total. The maximum absolute atomic E-state index is 12.0. The fourth-order valence-electron chi connectivity index (χ4n) is 2.08. The molecule has 1 aliphatic rings. The van der Waals surface area contributed by atoms with Gasteiger partial charge in [0.15, 0.2) is 5.13 Å². The molecular weight excluding hydrogens is 234 g/mol. The number of hydrogen-bond donors (Lipinski definition) is 1. The van der Waals surface area contributed by atoms with E-state index in [2.05, 4.69) is 22.1 Å². The van der Waals surface area contributed by atoms with Gasteiger partial charge in [-0.15, -0.1) is 11.3 Å². The highest BCUT2D eigenvalue weighted by atomic mass is 32.1. The van der Waals surface area contributed by atoms with Gasteiger partial charge in [0.2, 0.25) is 5.91 Å². The molecule has 1 aromatic heterocycles. The molecule has 5 heteroatoms. The molecule has 0 spiro atoms. The van der Waals surface area contributed by atoms with E-state index in [4.69, 9.17) is 0 Å². The largest absolute Gasteiger partial charge is 0.301 e. The van der Waals surface area contributed by atoms with Crippen molar-refractivity contribution in [3.05, 3.63) is 11.6 Å². The smallest absolute Gasteiger partial charge is 0.243 e. The topological polar surface area (TPSA) is 45.2 Å². The molecular formula is C12H19N3OS. The van der Waals surface area contributed by atoms with Crippen molar-refractivity contribution in [1.29, 1.82) is 0 Å². The van der Waals surface area contributed by atoms with Crippen LogP contribution in [0, 0.1) is 5.92 Å². The number of piperidine rings is 1. The summed E-state index contributed by atoms with van der Waals surface area (Å²) in [6.45, 7) is 6.29. The van der Waals surface area contributed by atoms with Gasteiger partial charge in [0, 0.05) is 11.6 Å². The molecule has 1 atom stereocenters. The molecule has 1 amide bonds. The predicted octanol–water partition coefficient (Wildman–Crippen LogP) is 2.20. The lowest BCUT2D eigenvalue weighted by Crippen LogP contribution is -2.45. The summed E-state index contributed by atoms with van der Waals surface area (Å²) in [5.41, 5.74) is 0. The van der Waals surface area contributed by atoms with Crippen molar-refractivity contribution in [2.75, 3.05) is 18.4 Å². The summed E-state index contributed by atoms with van der Waals surface area (Å²) < 4.78 is 0. The van der Waals surface area contributed by atoms with Crippen LogP contribution in [0.25, 0.3) is 0 Å². The average Bonchev–Trinajstić information content (AvgIpc) is 2.82. The average molecular weight is 253 g/mol. The number of anilines is 1. The van der Waals surface area contributed by atoms with Gasteiger partial charge in [0.05, 0.1) is 6.04 Å². The van der Waals surface area contributed by atoms with E-state index in [1.54, 1.807) is 6.20 Å². The number of carbonyl (C=O) groups excluding carboxylic acids is 1. The molecule has 1 saturated heterocycles. The number of nitrogens with zero attached hydrogens (tertiary/aromatic N) is 2. The third-order valence-electron chi connectivity index (χ3n) is 3.41. The number of hydrogen-bond acceptors (Lipinski definition) is 4. The van der Waals surface area contributed by atoms with Gasteiger partial charge in [-0.2, -0.15) is 0 Å². The Morgan fingerprint density at radius 2 is 2.29 bits per heavy atom. The van der Waals surface area contributed by atoms with E-state index in [9.17, 15) is 4.79 Å². The third kappa shape index (κ3) is 3.26. The van der Waals surface area contributed by atoms with E-state index >= 15 is 0 Å². The van der Waals surface area contributed by atoms with Crippen molar-refractivity contribution in [2.24, 2.45) is 5.92 Å². The molecule has 94 valence electrons. The number of rotatable bonds is 3. The van der Waals surface area contributed by atoms with Crippen LogP contribution in [0.2, 0.25) is 0 Å².